The second kappa shape index (κ2) is 5.07. The zero-order valence-corrected chi connectivity index (χ0v) is 11.2. The third-order valence-electron chi connectivity index (χ3n) is 3.07. The highest BCUT2D eigenvalue weighted by Crippen LogP contribution is 2.30. The van der Waals surface area contributed by atoms with Crippen LogP contribution in [0, 0.1) is 5.82 Å². The number of hydrogen-bond donors (Lipinski definition) is 2. The van der Waals surface area contributed by atoms with E-state index in [2.05, 4.69) is 10.4 Å². The Labute approximate surface area is 120 Å². The van der Waals surface area contributed by atoms with Gasteiger partial charge in [0, 0.05) is 16.0 Å². The summed E-state index contributed by atoms with van der Waals surface area (Å²) in [5, 5.41) is 1.54. The van der Waals surface area contributed by atoms with E-state index in [4.69, 9.17) is 17.4 Å². The third-order valence-corrected chi connectivity index (χ3v) is 3.30. The van der Waals surface area contributed by atoms with Crippen molar-refractivity contribution >= 4 is 28.3 Å². The number of fused-ring (bicyclic) bond motifs is 1. The lowest BCUT2D eigenvalue weighted by Crippen LogP contribution is -2.10. The van der Waals surface area contributed by atoms with Crippen LogP contribution in [-0.4, -0.2) is 4.98 Å². The summed E-state index contributed by atoms with van der Waals surface area (Å²) in [7, 11) is 0. The van der Waals surface area contributed by atoms with Crippen molar-refractivity contribution in [1.29, 1.82) is 0 Å². The molecule has 0 atom stereocenters. The van der Waals surface area contributed by atoms with Crippen molar-refractivity contribution in [3.05, 3.63) is 59.4 Å². The summed E-state index contributed by atoms with van der Waals surface area (Å²) in [4.78, 5) is 4.45. The van der Waals surface area contributed by atoms with Crippen molar-refractivity contribution in [1.82, 2.24) is 4.98 Å². The lowest BCUT2D eigenvalue weighted by molar-refractivity contribution is 0.628. The number of rotatable bonds is 2. The zero-order valence-electron chi connectivity index (χ0n) is 10.4. The number of hydrazine groups is 1. The first-order chi connectivity index (χ1) is 9.67. The highest BCUT2D eigenvalue weighted by atomic mass is 35.5. The minimum atomic E-state index is -0.284. The molecule has 0 bridgehead atoms. The number of aromatic nitrogens is 1. The molecule has 0 aliphatic rings. The molecule has 0 aliphatic carbocycles. The van der Waals surface area contributed by atoms with E-state index >= 15 is 0 Å². The van der Waals surface area contributed by atoms with Crippen molar-refractivity contribution < 1.29 is 4.39 Å². The van der Waals surface area contributed by atoms with Gasteiger partial charge < -0.3 is 5.43 Å². The second-order valence-electron chi connectivity index (χ2n) is 4.37. The first kappa shape index (κ1) is 12.8. The second-order valence-corrected chi connectivity index (χ2v) is 4.81. The van der Waals surface area contributed by atoms with Crippen LogP contribution in [0.2, 0.25) is 5.02 Å². The van der Waals surface area contributed by atoms with E-state index in [1.807, 2.05) is 18.2 Å². The van der Waals surface area contributed by atoms with E-state index in [1.165, 1.54) is 12.1 Å². The molecule has 0 radical (unpaired) electrons. The summed E-state index contributed by atoms with van der Waals surface area (Å²) in [5.41, 5.74) is 4.98. The predicted octanol–water partition coefficient (Wildman–Crippen LogP) is 3.98. The Balaban J connectivity index is 2.24. The number of nitrogens with two attached hydrogens (primary N) is 1. The molecule has 5 heteroatoms. The summed E-state index contributed by atoms with van der Waals surface area (Å²) in [6.07, 6.45) is 0. The van der Waals surface area contributed by atoms with Crippen LogP contribution < -0.4 is 11.3 Å². The molecule has 1 aromatic heterocycles. The molecule has 3 aromatic rings. The average molecular weight is 288 g/mol. The Morgan fingerprint density at radius 2 is 1.80 bits per heavy atom. The smallest absolute Gasteiger partial charge is 0.148 e. The van der Waals surface area contributed by atoms with Crippen molar-refractivity contribution in [3.63, 3.8) is 0 Å². The predicted molar refractivity (Wildman–Crippen MR) is 80.0 cm³/mol. The molecule has 0 fully saturated rings. The lowest BCUT2D eigenvalue weighted by atomic mass is 10.0. The van der Waals surface area contributed by atoms with Gasteiger partial charge in [-0.15, -0.1) is 0 Å². The van der Waals surface area contributed by atoms with Crippen molar-refractivity contribution in [2.24, 2.45) is 5.84 Å². The third kappa shape index (κ3) is 2.31. The number of pyridine rings is 1. The van der Waals surface area contributed by atoms with Crippen LogP contribution in [0.15, 0.2) is 48.5 Å². The monoisotopic (exact) mass is 287 g/mol. The van der Waals surface area contributed by atoms with Gasteiger partial charge in [-0.3, -0.25) is 0 Å². The molecule has 0 amide bonds. The molecule has 3 nitrogen and oxygen atoms in total. The minimum Gasteiger partial charge on any atom is -0.308 e. The van der Waals surface area contributed by atoms with E-state index in [-0.39, 0.29) is 5.82 Å². The number of nitrogen functional groups attached to an aromatic ring is 1. The summed E-state index contributed by atoms with van der Waals surface area (Å²) < 4.78 is 13.0. The Kier molecular flexibility index (Phi) is 3.26. The topological polar surface area (TPSA) is 50.9 Å². The maximum Gasteiger partial charge on any atom is 0.148 e. The van der Waals surface area contributed by atoms with Gasteiger partial charge >= 0.3 is 0 Å². The number of anilines is 1. The lowest BCUT2D eigenvalue weighted by Gasteiger charge is -2.10. The van der Waals surface area contributed by atoms with Crippen LogP contribution >= 0.6 is 11.6 Å². The first-order valence-corrected chi connectivity index (χ1v) is 6.38. The van der Waals surface area contributed by atoms with Crippen LogP contribution in [0.4, 0.5) is 10.2 Å². The molecule has 3 rings (SSSR count). The molecule has 100 valence electrons. The largest absolute Gasteiger partial charge is 0.308 e. The van der Waals surface area contributed by atoms with Gasteiger partial charge in [-0.05, 0) is 42.0 Å². The molecule has 2 aromatic carbocycles. The molecule has 0 saturated heterocycles. The maximum atomic E-state index is 13.0. The molecule has 0 aliphatic heterocycles. The van der Waals surface area contributed by atoms with E-state index in [0.717, 1.165) is 22.0 Å². The Hall–Kier alpha value is -2.17. The Morgan fingerprint density at radius 3 is 2.50 bits per heavy atom. The molecule has 0 saturated carbocycles. The number of benzene rings is 2. The fraction of sp³-hybridized carbons (Fsp3) is 0. The highest BCUT2D eigenvalue weighted by molar-refractivity contribution is 6.31. The van der Waals surface area contributed by atoms with Gasteiger partial charge in [0.2, 0.25) is 0 Å². The zero-order chi connectivity index (χ0) is 14.1. The molecular weight excluding hydrogens is 277 g/mol. The Bertz CT molecular complexity index is 772. The fourth-order valence-electron chi connectivity index (χ4n) is 2.11. The Morgan fingerprint density at radius 1 is 1.05 bits per heavy atom. The van der Waals surface area contributed by atoms with E-state index in [0.29, 0.717) is 10.8 Å². The highest BCUT2D eigenvalue weighted by Gasteiger charge is 2.09. The molecule has 1 heterocycles. The van der Waals surface area contributed by atoms with E-state index in [1.54, 1.807) is 18.2 Å². The normalized spacial score (nSPS) is 10.8. The quantitative estimate of drug-likeness (QED) is 0.554. The van der Waals surface area contributed by atoms with Crippen molar-refractivity contribution in [2.75, 3.05) is 5.43 Å². The van der Waals surface area contributed by atoms with Gasteiger partial charge in [0.15, 0.2) is 0 Å². The van der Waals surface area contributed by atoms with Crippen LogP contribution in [0.3, 0.4) is 0 Å². The minimum absolute atomic E-state index is 0.284. The molecular formula is C15H11ClFN3. The van der Waals surface area contributed by atoms with Crippen molar-refractivity contribution in [2.45, 2.75) is 0 Å². The summed E-state index contributed by atoms with van der Waals surface area (Å²) >= 11 is 5.99. The number of nitrogens with one attached hydrogen (secondary N) is 1. The van der Waals surface area contributed by atoms with E-state index < -0.39 is 0 Å². The first-order valence-electron chi connectivity index (χ1n) is 6.00. The van der Waals surface area contributed by atoms with Crippen LogP contribution in [-0.2, 0) is 0 Å². The SMILES string of the molecule is NNc1nc2ccc(Cl)cc2cc1-c1ccc(F)cc1. The number of nitrogens with zero attached hydrogens (tertiary/aromatic N) is 1. The van der Waals surface area contributed by atoms with Gasteiger partial charge in [0.05, 0.1) is 5.52 Å². The number of hydrogen-bond acceptors (Lipinski definition) is 3. The maximum absolute atomic E-state index is 13.0. The summed E-state index contributed by atoms with van der Waals surface area (Å²) in [5.74, 6) is 5.78. The van der Waals surface area contributed by atoms with Crippen LogP contribution in [0.1, 0.15) is 0 Å². The molecule has 0 spiro atoms. The van der Waals surface area contributed by atoms with Crippen molar-refractivity contribution in [3.8, 4) is 11.1 Å². The number of halogens is 2. The molecule has 0 unspecified atom stereocenters. The fourth-order valence-corrected chi connectivity index (χ4v) is 2.29. The standard InChI is InChI=1S/C15H11ClFN3/c16-11-3-6-14-10(7-11)8-13(15(19-14)20-18)9-1-4-12(17)5-2-9/h1-8H,18H2,(H,19,20). The molecule has 3 N–H and O–H groups in total. The van der Waals surface area contributed by atoms with Crippen LogP contribution in [0.5, 0.6) is 0 Å². The van der Waals surface area contributed by atoms with Gasteiger partial charge in [0.25, 0.3) is 0 Å². The summed E-state index contributed by atoms with van der Waals surface area (Å²) in [6.45, 7) is 0. The van der Waals surface area contributed by atoms with Gasteiger partial charge in [-0.25, -0.2) is 15.2 Å². The molecule has 20 heavy (non-hydrogen) atoms. The average Bonchev–Trinajstić information content (AvgIpc) is 2.46. The van der Waals surface area contributed by atoms with Gasteiger partial charge in [-0.1, -0.05) is 23.7 Å². The van der Waals surface area contributed by atoms with E-state index in [9.17, 15) is 4.39 Å². The van der Waals surface area contributed by atoms with Crippen LogP contribution in [0.25, 0.3) is 22.0 Å². The summed E-state index contributed by atoms with van der Waals surface area (Å²) in [6, 6.07) is 13.5. The van der Waals surface area contributed by atoms with Gasteiger partial charge in [-0.2, -0.15) is 0 Å². The van der Waals surface area contributed by atoms with Gasteiger partial charge in [0.1, 0.15) is 11.6 Å².